The Morgan fingerprint density at radius 2 is 1.38 bits per heavy atom. The molecule has 2 aliphatic rings. The van der Waals surface area contributed by atoms with E-state index in [1.165, 1.54) is 23.2 Å². The molecular weight excluding hydrogens is 719 g/mol. The van der Waals surface area contributed by atoms with Gasteiger partial charge in [0.25, 0.3) is 0 Å². The van der Waals surface area contributed by atoms with Gasteiger partial charge in [0.15, 0.2) is 0 Å². The van der Waals surface area contributed by atoms with E-state index >= 15 is 0 Å². The van der Waals surface area contributed by atoms with Crippen LogP contribution in [0.4, 0.5) is 0 Å². The summed E-state index contributed by atoms with van der Waals surface area (Å²) in [6.07, 6.45) is 0. The zero-order valence-corrected chi connectivity index (χ0v) is 23.4. The average molecular weight is 735 g/mol. The van der Waals surface area contributed by atoms with Crippen LogP contribution in [0.25, 0.3) is 22.2 Å². The fourth-order valence-corrected chi connectivity index (χ4v) is 14.1. The molecule has 0 fully saturated rings. The Balaban J connectivity index is 0.00000196. The van der Waals surface area contributed by atoms with Crippen LogP contribution in [0.3, 0.4) is 0 Å². The molecule has 1 aromatic heterocycles. The van der Waals surface area contributed by atoms with Crippen molar-refractivity contribution in [3.63, 3.8) is 0 Å². The Kier molecular flexibility index (Phi) is 5.45. The zero-order chi connectivity index (χ0) is 20.4. The fraction of sp³-hybridized carbons (Fsp3) is 0. The number of aromatic nitrogens is 1. The third-order valence-electron chi connectivity index (χ3n) is 5.71. The first-order chi connectivity index (χ1) is 15.3. The number of para-hydroxylation sites is 1. The average Bonchev–Trinajstić information content (AvgIpc) is 2.83. The van der Waals surface area contributed by atoms with Crippen LogP contribution in [0.15, 0.2) is 91.0 Å². The molecule has 155 valence electrons. The summed E-state index contributed by atoms with van der Waals surface area (Å²) < 4.78 is 6.03. The number of hydrogen-bond donors (Lipinski definition) is 0. The molecule has 0 aliphatic carbocycles. The molecule has 1 unspecified atom stereocenters. The van der Waals surface area contributed by atoms with Gasteiger partial charge in [0.1, 0.15) is 0 Å². The van der Waals surface area contributed by atoms with Gasteiger partial charge >= 0.3 is 196 Å². The summed E-state index contributed by atoms with van der Waals surface area (Å²) in [5.41, 5.74) is 3.23. The van der Waals surface area contributed by atoms with Crippen molar-refractivity contribution in [2.24, 2.45) is 0 Å². The summed E-state index contributed by atoms with van der Waals surface area (Å²) in [6.45, 7) is 0. The molecule has 0 spiro atoms. The van der Waals surface area contributed by atoms with E-state index in [4.69, 9.17) is 4.98 Å². The Labute approximate surface area is 214 Å². The predicted octanol–water partition coefficient (Wildman–Crippen LogP) is 1.39. The minimum atomic E-state index is -0.481. The summed E-state index contributed by atoms with van der Waals surface area (Å²) in [6, 6.07) is 37.1. The van der Waals surface area contributed by atoms with Crippen molar-refractivity contribution in [1.29, 1.82) is 0 Å². The molecule has 0 saturated carbocycles. The standard InChI is InChI=1S/C27H15NPSe2.Ir/c1-2-8-19-17(7-1)13-14-20(28-19)18-15-25-27-26(16-18)31-24-12-6-4-10-22(24)29(27)21-9-3-5-11-23(21)30-25;/h1-15H;/q-1;. The first-order valence-electron chi connectivity index (χ1n) is 10.2. The van der Waals surface area contributed by atoms with Gasteiger partial charge in [-0.1, -0.05) is 0 Å². The molecule has 1 nitrogen and oxygen atoms in total. The molecule has 7 rings (SSSR count). The Morgan fingerprint density at radius 3 is 2.19 bits per heavy atom. The molecule has 0 N–H and O–H groups in total. The van der Waals surface area contributed by atoms with Crippen molar-refractivity contribution < 1.29 is 20.1 Å². The van der Waals surface area contributed by atoms with Gasteiger partial charge in [-0.05, 0) is 0 Å². The fourth-order valence-electron chi connectivity index (χ4n) is 4.30. The maximum atomic E-state index is 4.98. The van der Waals surface area contributed by atoms with Gasteiger partial charge in [0, 0.05) is 20.1 Å². The zero-order valence-electron chi connectivity index (χ0n) is 16.7. The summed E-state index contributed by atoms with van der Waals surface area (Å²) in [5.74, 6) is 0. The van der Waals surface area contributed by atoms with Crippen LogP contribution in [-0.4, -0.2) is 34.9 Å². The SMILES string of the molecule is [Ir].[c-]1c(-c2ccc3ccccc3n2)cc2c3c1[Se]c1ccccc1P3c1ccccc1[Se]2. The van der Waals surface area contributed by atoms with Crippen LogP contribution in [-0.2, 0) is 20.1 Å². The number of rotatable bonds is 1. The van der Waals surface area contributed by atoms with Gasteiger partial charge in [-0.3, -0.25) is 0 Å². The van der Waals surface area contributed by atoms with Gasteiger partial charge in [0.2, 0.25) is 0 Å². The molecule has 0 amide bonds. The first kappa shape index (κ1) is 21.0. The van der Waals surface area contributed by atoms with E-state index < -0.39 is 7.92 Å². The number of fused-ring (bicyclic) bond motifs is 5. The second kappa shape index (κ2) is 8.32. The maximum absolute atomic E-state index is 4.98. The van der Waals surface area contributed by atoms with Crippen molar-refractivity contribution in [3.8, 4) is 11.3 Å². The minimum absolute atomic E-state index is 0. The third kappa shape index (κ3) is 3.30. The van der Waals surface area contributed by atoms with E-state index in [1.807, 2.05) is 0 Å². The third-order valence-corrected chi connectivity index (χ3v) is 14.4. The summed E-state index contributed by atoms with van der Waals surface area (Å²) in [4.78, 5) is 4.98. The van der Waals surface area contributed by atoms with Gasteiger partial charge < -0.3 is 0 Å². The van der Waals surface area contributed by atoms with E-state index in [0.717, 1.165) is 16.8 Å². The summed E-state index contributed by atoms with van der Waals surface area (Å²) >= 11 is 0.608. The van der Waals surface area contributed by atoms with Crippen LogP contribution in [0, 0.1) is 6.07 Å². The van der Waals surface area contributed by atoms with Gasteiger partial charge in [-0.2, -0.15) is 0 Å². The van der Waals surface area contributed by atoms with Crippen molar-refractivity contribution in [3.05, 3.63) is 97.1 Å². The molecule has 0 saturated heterocycles. The summed E-state index contributed by atoms with van der Waals surface area (Å²) in [5, 5.41) is 5.89. The molecule has 1 atom stereocenters. The number of benzene rings is 4. The summed E-state index contributed by atoms with van der Waals surface area (Å²) in [7, 11) is -0.481. The second-order valence-corrected chi connectivity index (χ2v) is 14.2. The first-order valence-corrected chi connectivity index (χ1v) is 14.9. The van der Waals surface area contributed by atoms with Gasteiger partial charge in [0.05, 0.1) is 0 Å². The quantitative estimate of drug-likeness (QED) is 0.141. The van der Waals surface area contributed by atoms with E-state index in [-0.39, 0.29) is 35.1 Å². The molecule has 3 heterocycles. The second-order valence-electron chi connectivity index (χ2n) is 7.59. The molecule has 4 aromatic carbocycles. The van der Waals surface area contributed by atoms with Crippen LogP contribution in [0.2, 0.25) is 0 Å². The molecule has 5 heteroatoms. The van der Waals surface area contributed by atoms with Crippen molar-refractivity contribution in [2.75, 3.05) is 0 Å². The molecular formula is C27H15IrNPSe2-. The molecule has 5 aromatic rings. The normalized spacial score (nSPS) is 15.3. The van der Waals surface area contributed by atoms with E-state index in [0.29, 0.717) is 15.0 Å². The predicted molar refractivity (Wildman–Crippen MR) is 135 cm³/mol. The number of nitrogens with zero attached hydrogens (tertiary/aromatic N) is 1. The Morgan fingerprint density at radius 1 is 0.688 bits per heavy atom. The van der Waals surface area contributed by atoms with Crippen LogP contribution in [0.5, 0.6) is 0 Å². The van der Waals surface area contributed by atoms with Crippen LogP contribution >= 0.6 is 7.92 Å². The van der Waals surface area contributed by atoms with Crippen molar-refractivity contribution in [1.82, 2.24) is 4.98 Å². The topological polar surface area (TPSA) is 12.9 Å². The number of hydrogen-bond acceptors (Lipinski definition) is 1. The van der Waals surface area contributed by atoms with Gasteiger partial charge in [-0.15, -0.1) is 0 Å². The van der Waals surface area contributed by atoms with E-state index in [1.54, 1.807) is 15.9 Å². The van der Waals surface area contributed by atoms with Gasteiger partial charge in [-0.25, -0.2) is 0 Å². The monoisotopic (exact) mass is 737 g/mol. The molecule has 0 bridgehead atoms. The van der Waals surface area contributed by atoms with E-state index in [9.17, 15) is 0 Å². The van der Waals surface area contributed by atoms with Crippen LogP contribution in [0.1, 0.15) is 0 Å². The molecule has 1 radical (unpaired) electrons. The van der Waals surface area contributed by atoms with Crippen LogP contribution < -0.4 is 33.8 Å². The number of pyridine rings is 1. The molecule has 2 aliphatic heterocycles. The Hall–Kier alpha value is -1.59. The van der Waals surface area contributed by atoms with Crippen molar-refractivity contribution >= 4 is 82.5 Å². The van der Waals surface area contributed by atoms with E-state index in [2.05, 4.69) is 97.1 Å². The Bertz CT molecular complexity index is 1450. The molecule has 32 heavy (non-hydrogen) atoms. The van der Waals surface area contributed by atoms with Crippen molar-refractivity contribution in [2.45, 2.75) is 0 Å².